The summed E-state index contributed by atoms with van der Waals surface area (Å²) in [6, 6.07) is 4.82. The first-order valence-electron chi connectivity index (χ1n) is 9.74. The van der Waals surface area contributed by atoms with E-state index in [0.717, 1.165) is 17.8 Å². The number of carbonyl (C=O) groups is 1. The molecule has 0 unspecified atom stereocenters. The highest BCUT2D eigenvalue weighted by Crippen LogP contribution is 2.18. The van der Waals surface area contributed by atoms with Crippen molar-refractivity contribution in [3.63, 3.8) is 0 Å². The molecule has 11 heteroatoms. The maximum absolute atomic E-state index is 14.0. The van der Waals surface area contributed by atoms with E-state index in [-0.39, 0.29) is 42.2 Å². The minimum absolute atomic E-state index is 0. The second kappa shape index (κ2) is 13.1. The van der Waals surface area contributed by atoms with E-state index in [9.17, 15) is 9.18 Å². The van der Waals surface area contributed by atoms with E-state index in [2.05, 4.69) is 20.5 Å². The van der Waals surface area contributed by atoms with Crippen LogP contribution in [0.5, 0.6) is 5.75 Å². The van der Waals surface area contributed by atoms with Gasteiger partial charge in [0, 0.05) is 47.2 Å². The molecule has 1 heterocycles. The Morgan fingerprint density at radius 1 is 1.32 bits per heavy atom. The topological polar surface area (TPSA) is 87.9 Å². The fourth-order valence-electron chi connectivity index (χ4n) is 2.78. The number of ether oxygens (including phenoxy) is 1. The van der Waals surface area contributed by atoms with E-state index >= 15 is 0 Å². The van der Waals surface area contributed by atoms with Crippen LogP contribution in [0, 0.1) is 5.82 Å². The highest BCUT2D eigenvalue weighted by Gasteiger charge is 2.12. The van der Waals surface area contributed by atoms with Gasteiger partial charge in [-0.15, -0.1) is 34.2 Å². The quantitative estimate of drug-likeness (QED) is 0.293. The molecule has 0 aliphatic carbocycles. The minimum Gasteiger partial charge on any atom is -0.494 e. The van der Waals surface area contributed by atoms with Gasteiger partial charge in [0.1, 0.15) is 18.7 Å². The summed E-state index contributed by atoms with van der Waals surface area (Å²) < 4.78 is 21.0. The number of aryl methyl sites for hydroxylation is 1. The van der Waals surface area contributed by atoms with E-state index in [1.165, 1.54) is 18.1 Å². The van der Waals surface area contributed by atoms with Gasteiger partial charge in [-0.3, -0.25) is 4.79 Å². The van der Waals surface area contributed by atoms with Gasteiger partial charge in [0.15, 0.2) is 17.5 Å². The summed E-state index contributed by atoms with van der Waals surface area (Å²) in [6.45, 7) is 3.68. The number of hydrogen-bond acceptors (Lipinski definition) is 5. The van der Waals surface area contributed by atoms with E-state index in [0.29, 0.717) is 25.6 Å². The summed E-state index contributed by atoms with van der Waals surface area (Å²) in [6.07, 6.45) is 2.48. The number of rotatable bonds is 9. The van der Waals surface area contributed by atoms with Gasteiger partial charge in [-0.25, -0.2) is 9.38 Å². The predicted octanol–water partition coefficient (Wildman–Crippen LogP) is 1.77. The molecule has 2 rings (SSSR count). The first-order chi connectivity index (χ1) is 14.3. The molecule has 9 nitrogen and oxygen atoms in total. The third kappa shape index (κ3) is 7.96. The Kier molecular flexibility index (Phi) is 11.2. The van der Waals surface area contributed by atoms with Crippen LogP contribution in [0.15, 0.2) is 29.5 Å². The van der Waals surface area contributed by atoms with Crippen LogP contribution in [0.2, 0.25) is 0 Å². The smallest absolute Gasteiger partial charge is 0.243 e. The second-order valence-electron chi connectivity index (χ2n) is 6.97. The zero-order valence-corrected chi connectivity index (χ0v) is 21.0. The number of methoxy groups -OCH3 is 1. The van der Waals surface area contributed by atoms with Crippen molar-refractivity contribution in [2.24, 2.45) is 4.99 Å². The SMILES string of the molecule is CCc1nncn1CCNC(=NCC(=O)N(C)C)N(C)Cc1ccc(OC)c(F)c1.I. The molecule has 0 saturated heterocycles. The van der Waals surface area contributed by atoms with Crippen LogP contribution < -0.4 is 10.1 Å². The van der Waals surface area contributed by atoms with Crippen LogP contribution in [0.25, 0.3) is 0 Å². The molecule has 0 fully saturated rings. The largest absolute Gasteiger partial charge is 0.494 e. The van der Waals surface area contributed by atoms with E-state index in [1.807, 2.05) is 23.4 Å². The van der Waals surface area contributed by atoms with Crippen molar-refractivity contribution >= 4 is 35.8 Å². The first-order valence-corrected chi connectivity index (χ1v) is 9.74. The van der Waals surface area contributed by atoms with Gasteiger partial charge in [-0.2, -0.15) is 0 Å². The van der Waals surface area contributed by atoms with Gasteiger partial charge in [0.2, 0.25) is 5.91 Å². The van der Waals surface area contributed by atoms with E-state index in [1.54, 1.807) is 32.6 Å². The van der Waals surface area contributed by atoms with E-state index < -0.39 is 5.82 Å². The number of benzene rings is 1. The summed E-state index contributed by atoms with van der Waals surface area (Å²) in [5.74, 6) is 1.13. The van der Waals surface area contributed by atoms with Gasteiger partial charge in [-0.05, 0) is 17.7 Å². The van der Waals surface area contributed by atoms with E-state index in [4.69, 9.17) is 4.74 Å². The third-order valence-corrected chi connectivity index (χ3v) is 4.51. The third-order valence-electron chi connectivity index (χ3n) is 4.51. The molecule has 31 heavy (non-hydrogen) atoms. The molecule has 1 N–H and O–H groups in total. The number of nitrogens with zero attached hydrogens (tertiary/aromatic N) is 6. The van der Waals surface area contributed by atoms with Crippen molar-refractivity contribution in [1.82, 2.24) is 29.9 Å². The Hall–Kier alpha value is -2.44. The Balaban J connectivity index is 0.00000480. The van der Waals surface area contributed by atoms with Crippen LogP contribution in [0.1, 0.15) is 18.3 Å². The Morgan fingerprint density at radius 2 is 2.06 bits per heavy atom. The van der Waals surface area contributed by atoms with Crippen molar-refractivity contribution in [3.8, 4) is 5.75 Å². The van der Waals surface area contributed by atoms with Crippen molar-refractivity contribution in [3.05, 3.63) is 41.7 Å². The maximum atomic E-state index is 14.0. The zero-order valence-electron chi connectivity index (χ0n) is 18.6. The maximum Gasteiger partial charge on any atom is 0.243 e. The van der Waals surface area contributed by atoms with Crippen LogP contribution in [0.3, 0.4) is 0 Å². The molecule has 0 bridgehead atoms. The lowest BCUT2D eigenvalue weighted by atomic mass is 10.2. The predicted molar refractivity (Wildman–Crippen MR) is 128 cm³/mol. The average Bonchev–Trinajstić information content (AvgIpc) is 3.17. The van der Waals surface area contributed by atoms with Gasteiger partial charge < -0.3 is 24.4 Å². The van der Waals surface area contributed by atoms with Crippen molar-refractivity contribution < 1.29 is 13.9 Å². The lowest BCUT2D eigenvalue weighted by molar-refractivity contribution is -0.127. The van der Waals surface area contributed by atoms with Crippen LogP contribution >= 0.6 is 24.0 Å². The summed E-state index contributed by atoms with van der Waals surface area (Å²) in [5, 5.41) is 11.3. The molecule has 1 aromatic carbocycles. The molecular formula is C20H31FIN7O2. The van der Waals surface area contributed by atoms with Gasteiger partial charge in [0.25, 0.3) is 0 Å². The van der Waals surface area contributed by atoms with Crippen LogP contribution in [0.4, 0.5) is 4.39 Å². The fourth-order valence-corrected chi connectivity index (χ4v) is 2.78. The summed E-state index contributed by atoms with van der Waals surface area (Å²) >= 11 is 0. The molecular weight excluding hydrogens is 516 g/mol. The number of likely N-dealkylation sites (N-methyl/N-ethyl adjacent to an activating group) is 1. The highest BCUT2D eigenvalue weighted by atomic mass is 127. The Bertz CT molecular complexity index is 873. The molecule has 0 aliphatic rings. The molecule has 1 aromatic heterocycles. The van der Waals surface area contributed by atoms with Crippen molar-refractivity contribution in [2.75, 3.05) is 41.3 Å². The van der Waals surface area contributed by atoms with Gasteiger partial charge >= 0.3 is 0 Å². The molecule has 1 amide bonds. The average molecular weight is 547 g/mol. The monoisotopic (exact) mass is 547 g/mol. The molecule has 0 spiro atoms. The summed E-state index contributed by atoms with van der Waals surface area (Å²) in [5.41, 5.74) is 0.760. The Morgan fingerprint density at radius 3 is 2.68 bits per heavy atom. The standard InChI is InChI=1S/C20H30FN7O2.HI/c1-6-18-25-24-14-28(18)10-9-22-20(23-12-19(29)26(2)3)27(4)13-15-7-8-17(30-5)16(21)11-15;/h7-8,11,14H,6,9-10,12-13H2,1-5H3,(H,22,23);1H. The van der Waals surface area contributed by atoms with Crippen LogP contribution in [-0.2, 0) is 24.3 Å². The minimum atomic E-state index is -0.419. The normalized spacial score (nSPS) is 11.0. The second-order valence-corrected chi connectivity index (χ2v) is 6.97. The number of carbonyl (C=O) groups excluding carboxylic acids is 1. The number of aromatic nitrogens is 3. The first kappa shape index (κ1) is 26.6. The molecule has 172 valence electrons. The number of guanidine groups is 1. The lowest BCUT2D eigenvalue weighted by Crippen LogP contribution is -2.41. The number of amides is 1. The fraction of sp³-hybridized carbons (Fsp3) is 0.500. The number of aliphatic imine (C=N–C) groups is 1. The number of halogens is 2. The molecule has 0 atom stereocenters. The Labute approximate surface area is 199 Å². The van der Waals surface area contributed by atoms with Gasteiger partial charge in [-0.1, -0.05) is 13.0 Å². The molecule has 0 radical (unpaired) electrons. The van der Waals surface area contributed by atoms with Crippen LogP contribution in [-0.4, -0.2) is 77.8 Å². The molecule has 0 aliphatic heterocycles. The van der Waals surface area contributed by atoms with Crippen molar-refractivity contribution in [2.45, 2.75) is 26.4 Å². The zero-order chi connectivity index (χ0) is 22.1. The lowest BCUT2D eigenvalue weighted by Gasteiger charge is -2.23. The number of hydrogen-bond donors (Lipinski definition) is 1. The summed E-state index contributed by atoms with van der Waals surface area (Å²) in [4.78, 5) is 19.8. The number of nitrogens with one attached hydrogen (secondary N) is 1. The van der Waals surface area contributed by atoms with Gasteiger partial charge in [0.05, 0.1) is 7.11 Å². The van der Waals surface area contributed by atoms with Crippen molar-refractivity contribution in [1.29, 1.82) is 0 Å². The highest BCUT2D eigenvalue weighted by molar-refractivity contribution is 14.0. The molecule has 2 aromatic rings. The summed E-state index contributed by atoms with van der Waals surface area (Å²) in [7, 11) is 6.64. The molecule has 0 saturated carbocycles.